The molecule has 98 valence electrons. The number of nitrogens with one attached hydrogen (secondary N) is 2. The van der Waals surface area contributed by atoms with Crippen molar-refractivity contribution in [1.29, 1.82) is 0 Å². The summed E-state index contributed by atoms with van der Waals surface area (Å²) in [5, 5.41) is 14.2. The number of aliphatic carboxylic acids is 1. The van der Waals surface area contributed by atoms with Crippen molar-refractivity contribution in [2.75, 3.05) is 19.7 Å². The van der Waals surface area contributed by atoms with Gasteiger partial charge in [-0.25, -0.2) is 0 Å². The Morgan fingerprint density at radius 2 is 2.12 bits per heavy atom. The van der Waals surface area contributed by atoms with Crippen molar-refractivity contribution in [1.82, 2.24) is 10.6 Å². The molecule has 0 saturated carbocycles. The Kier molecular flexibility index (Phi) is 5.93. The molecule has 0 aromatic rings. The van der Waals surface area contributed by atoms with Crippen LogP contribution in [0.5, 0.6) is 0 Å². The molecule has 3 N–H and O–H groups in total. The minimum Gasteiger partial charge on any atom is -0.480 e. The highest BCUT2D eigenvalue weighted by Crippen LogP contribution is 2.07. The molecule has 0 aromatic heterocycles. The molecule has 1 saturated heterocycles. The third kappa shape index (κ3) is 5.65. The molecule has 1 aliphatic rings. The molecule has 1 unspecified atom stereocenters. The number of carboxylic acid groups (broad SMARTS) is 1. The summed E-state index contributed by atoms with van der Waals surface area (Å²) in [5.41, 5.74) is 0. The summed E-state index contributed by atoms with van der Waals surface area (Å²) in [6.45, 7) is 3.69. The Bertz CT molecular complexity index is 264. The first-order chi connectivity index (χ1) is 8.09. The number of amides is 1. The van der Waals surface area contributed by atoms with Crippen LogP contribution in [-0.4, -0.2) is 48.8 Å². The number of carbonyl (C=O) groups is 2. The lowest BCUT2D eigenvalue weighted by atomic mass is 10.1. The summed E-state index contributed by atoms with van der Waals surface area (Å²) in [7, 11) is 0. The number of piperidine rings is 1. The lowest BCUT2D eigenvalue weighted by Crippen LogP contribution is -2.39. The number of hydrogen-bond donors (Lipinski definition) is 3. The van der Waals surface area contributed by atoms with Gasteiger partial charge in [-0.3, -0.25) is 9.59 Å². The smallest absolute Gasteiger partial charge is 0.325 e. The Labute approximate surface area is 101 Å². The van der Waals surface area contributed by atoms with E-state index in [2.05, 4.69) is 10.6 Å². The van der Waals surface area contributed by atoms with E-state index in [0.717, 1.165) is 25.9 Å². The van der Waals surface area contributed by atoms with Crippen molar-refractivity contribution in [3.63, 3.8) is 0 Å². The van der Waals surface area contributed by atoms with Crippen molar-refractivity contribution in [2.45, 2.75) is 38.3 Å². The van der Waals surface area contributed by atoms with Crippen LogP contribution in [0.2, 0.25) is 0 Å². The zero-order chi connectivity index (χ0) is 12.7. The molecule has 1 fully saturated rings. The monoisotopic (exact) mass is 244 g/mol. The van der Waals surface area contributed by atoms with Gasteiger partial charge in [0.1, 0.15) is 6.04 Å². The summed E-state index contributed by atoms with van der Waals surface area (Å²) in [6, 6.07) is -0.846. The van der Waals surface area contributed by atoms with Gasteiger partial charge in [-0.05, 0) is 32.9 Å². The summed E-state index contributed by atoms with van der Waals surface area (Å²) < 4.78 is 5.55. The first kappa shape index (κ1) is 13.9. The molecule has 1 atom stereocenters. The van der Waals surface area contributed by atoms with Crippen molar-refractivity contribution >= 4 is 11.9 Å². The van der Waals surface area contributed by atoms with Crippen LogP contribution in [0.25, 0.3) is 0 Å². The highest BCUT2D eigenvalue weighted by atomic mass is 16.5. The molecule has 0 radical (unpaired) electrons. The number of hydrogen-bond acceptors (Lipinski definition) is 4. The van der Waals surface area contributed by atoms with Crippen molar-refractivity contribution in [2.24, 2.45) is 0 Å². The lowest BCUT2D eigenvalue weighted by molar-refractivity contribution is -0.141. The quantitative estimate of drug-likeness (QED) is 0.599. The molecule has 0 aromatic carbocycles. The fourth-order valence-corrected chi connectivity index (χ4v) is 1.66. The molecule has 1 amide bonds. The van der Waals surface area contributed by atoms with E-state index >= 15 is 0 Å². The molecule has 0 aliphatic carbocycles. The van der Waals surface area contributed by atoms with Gasteiger partial charge in [-0.2, -0.15) is 0 Å². The van der Waals surface area contributed by atoms with Gasteiger partial charge in [0.2, 0.25) is 5.91 Å². The van der Waals surface area contributed by atoms with Crippen molar-refractivity contribution in [3.05, 3.63) is 0 Å². The van der Waals surface area contributed by atoms with Gasteiger partial charge in [-0.15, -0.1) is 0 Å². The van der Waals surface area contributed by atoms with E-state index in [0.29, 0.717) is 6.61 Å². The Balaban J connectivity index is 2.09. The summed E-state index contributed by atoms with van der Waals surface area (Å²) in [5.74, 6) is -1.31. The van der Waals surface area contributed by atoms with Gasteiger partial charge >= 0.3 is 5.97 Å². The third-order valence-corrected chi connectivity index (χ3v) is 2.72. The molecular weight excluding hydrogens is 224 g/mol. The third-order valence-electron chi connectivity index (χ3n) is 2.72. The Morgan fingerprint density at radius 3 is 2.71 bits per heavy atom. The van der Waals surface area contributed by atoms with E-state index in [1.807, 2.05) is 0 Å². The minimum absolute atomic E-state index is 0.210. The lowest BCUT2D eigenvalue weighted by Gasteiger charge is -2.22. The zero-order valence-corrected chi connectivity index (χ0v) is 10.1. The number of carboxylic acids is 1. The molecule has 6 nitrogen and oxygen atoms in total. The molecule has 17 heavy (non-hydrogen) atoms. The topological polar surface area (TPSA) is 87.7 Å². The minimum atomic E-state index is -1.03. The standard InChI is InChI=1S/C11H20N2O4/c1-8(11(15)16)13-10(14)4-7-17-9-2-5-12-6-3-9/h8-9,12H,2-7H2,1H3,(H,13,14)(H,15,16). The number of carbonyl (C=O) groups excluding carboxylic acids is 1. The van der Waals surface area contributed by atoms with E-state index in [4.69, 9.17) is 9.84 Å². The molecule has 1 heterocycles. The van der Waals surface area contributed by atoms with Crippen LogP contribution in [-0.2, 0) is 14.3 Å². The predicted octanol–water partition coefficient (Wildman–Crippen LogP) is -0.266. The van der Waals surface area contributed by atoms with Gasteiger partial charge in [0.15, 0.2) is 0 Å². The van der Waals surface area contributed by atoms with Gasteiger partial charge < -0.3 is 20.5 Å². The van der Waals surface area contributed by atoms with Gasteiger partial charge in [0.25, 0.3) is 0 Å². The number of ether oxygens (including phenoxy) is 1. The second kappa shape index (κ2) is 7.24. The number of rotatable bonds is 6. The van der Waals surface area contributed by atoms with Crippen LogP contribution in [0.1, 0.15) is 26.2 Å². The summed E-state index contributed by atoms with van der Waals surface area (Å²) in [4.78, 5) is 21.8. The fraction of sp³-hybridized carbons (Fsp3) is 0.818. The van der Waals surface area contributed by atoms with Crippen molar-refractivity contribution < 1.29 is 19.4 Å². The fourth-order valence-electron chi connectivity index (χ4n) is 1.66. The second-order valence-corrected chi connectivity index (χ2v) is 4.20. The Morgan fingerprint density at radius 1 is 1.47 bits per heavy atom. The van der Waals surface area contributed by atoms with Crippen LogP contribution in [0.15, 0.2) is 0 Å². The van der Waals surface area contributed by atoms with Crippen LogP contribution >= 0.6 is 0 Å². The van der Waals surface area contributed by atoms with Crippen LogP contribution in [0.3, 0.4) is 0 Å². The first-order valence-electron chi connectivity index (χ1n) is 5.94. The maximum atomic E-state index is 11.3. The molecule has 0 spiro atoms. The van der Waals surface area contributed by atoms with Gasteiger partial charge in [-0.1, -0.05) is 0 Å². The SMILES string of the molecule is CC(NC(=O)CCOC1CCNCC1)C(=O)O. The van der Waals surface area contributed by atoms with Gasteiger partial charge in [0.05, 0.1) is 12.7 Å². The first-order valence-corrected chi connectivity index (χ1v) is 5.94. The van der Waals surface area contributed by atoms with Crippen LogP contribution in [0, 0.1) is 0 Å². The summed E-state index contributed by atoms with van der Waals surface area (Å²) in [6.07, 6.45) is 2.36. The van der Waals surface area contributed by atoms with E-state index in [1.165, 1.54) is 6.92 Å². The van der Waals surface area contributed by atoms with Crippen LogP contribution < -0.4 is 10.6 Å². The molecule has 6 heteroatoms. The highest BCUT2D eigenvalue weighted by Gasteiger charge is 2.16. The second-order valence-electron chi connectivity index (χ2n) is 4.20. The van der Waals surface area contributed by atoms with E-state index < -0.39 is 12.0 Å². The molecular formula is C11H20N2O4. The summed E-state index contributed by atoms with van der Waals surface area (Å²) >= 11 is 0. The van der Waals surface area contributed by atoms with Crippen molar-refractivity contribution in [3.8, 4) is 0 Å². The molecule has 0 bridgehead atoms. The zero-order valence-electron chi connectivity index (χ0n) is 10.1. The molecule has 1 aliphatic heterocycles. The normalized spacial score (nSPS) is 18.6. The maximum absolute atomic E-state index is 11.3. The average molecular weight is 244 g/mol. The average Bonchev–Trinajstić information content (AvgIpc) is 2.30. The van der Waals surface area contributed by atoms with E-state index in [-0.39, 0.29) is 18.4 Å². The molecule has 1 rings (SSSR count). The van der Waals surface area contributed by atoms with E-state index in [1.54, 1.807) is 0 Å². The highest BCUT2D eigenvalue weighted by molar-refractivity contribution is 5.83. The largest absolute Gasteiger partial charge is 0.480 e. The van der Waals surface area contributed by atoms with Crippen LogP contribution in [0.4, 0.5) is 0 Å². The van der Waals surface area contributed by atoms with E-state index in [9.17, 15) is 9.59 Å². The maximum Gasteiger partial charge on any atom is 0.325 e. The Hall–Kier alpha value is -1.14. The predicted molar refractivity (Wildman–Crippen MR) is 61.7 cm³/mol. The van der Waals surface area contributed by atoms with Gasteiger partial charge in [0, 0.05) is 6.42 Å².